The zero-order valence-corrected chi connectivity index (χ0v) is 13.0. The van der Waals surface area contributed by atoms with Crippen LogP contribution in [-0.4, -0.2) is 36.6 Å². The van der Waals surface area contributed by atoms with Gasteiger partial charge in [-0.3, -0.25) is 0 Å². The maximum Gasteiger partial charge on any atom is 0.0406 e. The molecule has 1 heterocycles. The molecule has 19 heavy (non-hydrogen) atoms. The fraction of sp³-hybridized carbons (Fsp3) is 0.625. The van der Waals surface area contributed by atoms with E-state index < -0.39 is 0 Å². The molecular formula is C16H25ClN2. The van der Waals surface area contributed by atoms with Gasteiger partial charge >= 0.3 is 0 Å². The Morgan fingerprint density at radius 2 is 1.84 bits per heavy atom. The van der Waals surface area contributed by atoms with Crippen LogP contribution >= 0.6 is 11.6 Å². The SMILES string of the molecule is CNC1(C)CCN(C(C)Cc2ccc(Cl)cc2)CC1. The number of halogens is 1. The Bertz CT molecular complexity index is 394. The van der Waals surface area contributed by atoms with Crippen LogP contribution in [0.5, 0.6) is 0 Å². The van der Waals surface area contributed by atoms with Crippen molar-refractivity contribution in [3.63, 3.8) is 0 Å². The third kappa shape index (κ3) is 3.95. The largest absolute Gasteiger partial charge is 0.314 e. The van der Waals surface area contributed by atoms with Crippen molar-refractivity contribution in [1.29, 1.82) is 0 Å². The molecule has 2 nitrogen and oxygen atoms in total. The highest BCUT2D eigenvalue weighted by atomic mass is 35.5. The monoisotopic (exact) mass is 280 g/mol. The van der Waals surface area contributed by atoms with Crippen LogP contribution in [0.3, 0.4) is 0 Å². The number of nitrogens with zero attached hydrogens (tertiary/aromatic N) is 1. The summed E-state index contributed by atoms with van der Waals surface area (Å²) in [7, 11) is 2.08. The fourth-order valence-electron chi connectivity index (χ4n) is 2.80. The number of piperidine rings is 1. The topological polar surface area (TPSA) is 15.3 Å². The number of rotatable bonds is 4. The highest BCUT2D eigenvalue weighted by molar-refractivity contribution is 6.30. The highest BCUT2D eigenvalue weighted by Crippen LogP contribution is 2.23. The van der Waals surface area contributed by atoms with Crippen molar-refractivity contribution in [2.24, 2.45) is 0 Å². The van der Waals surface area contributed by atoms with Gasteiger partial charge < -0.3 is 10.2 Å². The molecule has 0 aromatic heterocycles. The van der Waals surface area contributed by atoms with Gasteiger partial charge in [-0.2, -0.15) is 0 Å². The van der Waals surface area contributed by atoms with Crippen LogP contribution in [0.4, 0.5) is 0 Å². The molecule has 0 saturated carbocycles. The number of benzene rings is 1. The van der Waals surface area contributed by atoms with Gasteiger partial charge in [-0.15, -0.1) is 0 Å². The lowest BCUT2D eigenvalue weighted by atomic mass is 9.89. The van der Waals surface area contributed by atoms with E-state index in [4.69, 9.17) is 11.6 Å². The smallest absolute Gasteiger partial charge is 0.0406 e. The average molecular weight is 281 g/mol. The van der Waals surface area contributed by atoms with E-state index >= 15 is 0 Å². The normalized spacial score (nSPS) is 21.3. The molecule has 2 rings (SSSR count). The second-order valence-corrected chi connectivity index (χ2v) is 6.46. The summed E-state index contributed by atoms with van der Waals surface area (Å²) in [4.78, 5) is 2.60. The quantitative estimate of drug-likeness (QED) is 0.910. The summed E-state index contributed by atoms with van der Waals surface area (Å²) in [6, 6.07) is 8.85. The molecule has 1 fully saturated rings. The Hall–Kier alpha value is -0.570. The van der Waals surface area contributed by atoms with Crippen LogP contribution in [0.15, 0.2) is 24.3 Å². The molecule has 0 aliphatic carbocycles. The van der Waals surface area contributed by atoms with Crippen molar-refractivity contribution >= 4 is 11.6 Å². The first kappa shape index (κ1) is 14.8. The minimum absolute atomic E-state index is 0.330. The van der Waals surface area contributed by atoms with Gasteiger partial charge in [-0.25, -0.2) is 0 Å². The van der Waals surface area contributed by atoms with Gasteiger partial charge in [0.05, 0.1) is 0 Å². The van der Waals surface area contributed by atoms with Crippen LogP contribution in [-0.2, 0) is 6.42 Å². The van der Waals surface area contributed by atoms with Crippen LogP contribution in [0.25, 0.3) is 0 Å². The predicted molar refractivity (Wildman–Crippen MR) is 82.9 cm³/mol. The first-order valence-electron chi connectivity index (χ1n) is 7.20. The molecule has 1 aliphatic heterocycles. The standard InChI is InChI=1S/C16H25ClN2/c1-13(12-14-4-6-15(17)7-5-14)19-10-8-16(2,18-3)9-11-19/h4-7,13,18H,8-12H2,1-3H3. The van der Waals surface area contributed by atoms with Gasteiger partial charge in [0.25, 0.3) is 0 Å². The Morgan fingerprint density at radius 3 is 2.37 bits per heavy atom. The van der Waals surface area contributed by atoms with Crippen LogP contribution in [0, 0.1) is 0 Å². The molecule has 1 aromatic carbocycles. The van der Waals surface area contributed by atoms with E-state index in [0.29, 0.717) is 11.6 Å². The fourth-order valence-corrected chi connectivity index (χ4v) is 2.93. The van der Waals surface area contributed by atoms with Crippen LogP contribution in [0.2, 0.25) is 5.02 Å². The van der Waals surface area contributed by atoms with E-state index in [2.05, 4.69) is 43.2 Å². The van der Waals surface area contributed by atoms with Crippen LogP contribution < -0.4 is 5.32 Å². The first-order valence-corrected chi connectivity index (χ1v) is 7.58. The molecule has 1 saturated heterocycles. The van der Waals surface area contributed by atoms with Gasteiger partial charge in [0.15, 0.2) is 0 Å². The van der Waals surface area contributed by atoms with E-state index in [1.54, 1.807) is 0 Å². The molecule has 1 N–H and O–H groups in total. The Morgan fingerprint density at radius 1 is 1.26 bits per heavy atom. The van der Waals surface area contributed by atoms with E-state index in [9.17, 15) is 0 Å². The average Bonchev–Trinajstić information content (AvgIpc) is 2.42. The number of hydrogen-bond acceptors (Lipinski definition) is 2. The maximum atomic E-state index is 5.93. The van der Waals surface area contributed by atoms with Gasteiger partial charge in [0.2, 0.25) is 0 Å². The number of hydrogen-bond donors (Lipinski definition) is 1. The molecule has 1 aliphatic rings. The third-order valence-corrected chi connectivity index (χ3v) is 4.82. The van der Waals surface area contributed by atoms with E-state index in [-0.39, 0.29) is 0 Å². The number of likely N-dealkylation sites (tertiary alicyclic amines) is 1. The zero-order chi connectivity index (χ0) is 13.9. The van der Waals surface area contributed by atoms with E-state index in [0.717, 1.165) is 11.4 Å². The van der Waals surface area contributed by atoms with Crippen molar-refractivity contribution in [3.8, 4) is 0 Å². The van der Waals surface area contributed by atoms with Gasteiger partial charge in [-0.05, 0) is 57.9 Å². The van der Waals surface area contributed by atoms with E-state index in [1.807, 2.05) is 12.1 Å². The van der Waals surface area contributed by atoms with Gasteiger partial charge in [0.1, 0.15) is 0 Å². The Kier molecular flexibility index (Phi) is 4.88. The lowest BCUT2D eigenvalue weighted by molar-refractivity contribution is 0.117. The summed E-state index contributed by atoms with van der Waals surface area (Å²) < 4.78 is 0. The molecule has 0 bridgehead atoms. The van der Waals surface area contributed by atoms with Crippen molar-refractivity contribution in [2.75, 3.05) is 20.1 Å². The molecule has 0 spiro atoms. The highest BCUT2D eigenvalue weighted by Gasteiger charge is 2.29. The number of nitrogens with one attached hydrogen (secondary N) is 1. The molecule has 1 atom stereocenters. The molecule has 0 amide bonds. The predicted octanol–water partition coefficient (Wildman–Crippen LogP) is 3.34. The van der Waals surface area contributed by atoms with Crippen molar-refractivity contribution in [1.82, 2.24) is 10.2 Å². The summed E-state index contributed by atoms with van der Waals surface area (Å²) in [6.45, 7) is 7.03. The minimum Gasteiger partial charge on any atom is -0.314 e. The lowest BCUT2D eigenvalue weighted by Crippen LogP contribution is -2.52. The second kappa shape index (κ2) is 6.25. The molecular weight excluding hydrogens is 256 g/mol. The molecule has 106 valence electrons. The molecule has 0 radical (unpaired) electrons. The first-order chi connectivity index (χ1) is 9.02. The van der Waals surface area contributed by atoms with Gasteiger partial charge in [0, 0.05) is 29.7 Å². The Labute approximate surface area is 122 Å². The van der Waals surface area contributed by atoms with Crippen molar-refractivity contribution in [3.05, 3.63) is 34.9 Å². The minimum atomic E-state index is 0.330. The zero-order valence-electron chi connectivity index (χ0n) is 12.2. The Balaban J connectivity index is 1.87. The van der Waals surface area contributed by atoms with E-state index in [1.165, 1.54) is 31.5 Å². The summed E-state index contributed by atoms with van der Waals surface area (Å²) in [5, 5.41) is 4.27. The molecule has 1 aromatic rings. The van der Waals surface area contributed by atoms with Crippen molar-refractivity contribution in [2.45, 2.75) is 44.7 Å². The molecule has 3 heteroatoms. The van der Waals surface area contributed by atoms with Gasteiger partial charge in [-0.1, -0.05) is 23.7 Å². The summed E-state index contributed by atoms with van der Waals surface area (Å²) in [5.41, 5.74) is 1.70. The van der Waals surface area contributed by atoms with Crippen LogP contribution in [0.1, 0.15) is 32.3 Å². The summed E-state index contributed by atoms with van der Waals surface area (Å²) >= 11 is 5.93. The lowest BCUT2D eigenvalue weighted by Gasteiger charge is -2.41. The molecule has 1 unspecified atom stereocenters. The maximum absolute atomic E-state index is 5.93. The van der Waals surface area contributed by atoms with Crippen molar-refractivity contribution < 1.29 is 0 Å². The third-order valence-electron chi connectivity index (χ3n) is 4.57. The summed E-state index contributed by atoms with van der Waals surface area (Å²) in [5.74, 6) is 0. The summed E-state index contributed by atoms with van der Waals surface area (Å²) in [6.07, 6.45) is 3.57. The second-order valence-electron chi connectivity index (χ2n) is 6.03.